The lowest BCUT2D eigenvalue weighted by Crippen LogP contribution is -2.28. The molecule has 0 aromatic carbocycles. The number of carbonyl (C=O) groups excluding carboxylic acids is 1. The van der Waals surface area contributed by atoms with Gasteiger partial charge in [-0.15, -0.1) is 0 Å². The SMILES string of the molecule is O=C(OCCOC1CCOCC1)C(F)(F)F. The smallest absolute Gasteiger partial charge is 0.457 e. The van der Waals surface area contributed by atoms with Crippen molar-refractivity contribution >= 4 is 5.97 Å². The van der Waals surface area contributed by atoms with E-state index >= 15 is 0 Å². The fourth-order valence-corrected chi connectivity index (χ4v) is 1.27. The zero-order chi connectivity index (χ0) is 12.0. The summed E-state index contributed by atoms with van der Waals surface area (Å²) < 4.78 is 49.4. The summed E-state index contributed by atoms with van der Waals surface area (Å²) in [6, 6.07) is 0. The van der Waals surface area contributed by atoms with Crippen LogP contribution in [0.1, 0.15) is 12.8 Å². The first-order chi connectivity index (χ1) is 7.50. The topological polar surface area (TPSA) is 44.8 Å². The van der Waals surface area contributed by atoms with Gasteiger partial charge in [0, 0.05) is 13.2 Å². The Labute approximate surface area is 90.7 Å². The Bertz CT molecular complexity index is 223. The largest absolute Gasteiger partial charge is 0.490 e. The Hall–Kier alpha value is -0.820. The van der Waals surface area contributed by atoms with E-state index in [1.165, 1.54) is 0 Å². The first kappa shape index (κ1) is 13.2. The van der Waals surface area contributed by atoms with Crippen molar-refractivity contribution in [2.45, 2.75) is 25.1 Å². The lowest BCUT2D eigenvalue weighted by molar-refractivity contribution is -0.201. The molecule has 1 aliphatic rings. The molecule has 0 atom stereocenters. The van der Waals surface area contributed by atoms with Crippen LogP contribution in [0.4, 0.5) is 13.2 Å². The van der Waals surface area contributed by atoms with Gasteiger partial charge in [-0.1, -0.05) is 0 Å². The molecule has 0 radical (unpaired) electrons. The average Bonchev–Trinajstić information content (AvgIpc) is 2.24. The van der Waals surface area contributed by atoms with E-state index in [2.05, 4.69) is 4.74 Å². The summed E-state index contributed by atoms with van der Waals surface area (Å²) in [5.74, 6) is -2.18. The van der Waals surface area contributed by atoms with Crippen molar-refractivity contribution in [3.8, 4) is 0 Å². The number of esters is 1. The van der Waals surface area contributed by atoms with E-state index in [1.54, 1.807) is 0 Å². The number of ether oxygens (including phenoxy) is 3. The minimum atomic E-state index is -4.93. The number of carbonyl (C=O) groups is 1. The van der Waals surface area contributed by atoms with Crippen molar-refractivity contribution in [3.05, 3.63) is 0 Å². The van der Waals surface area contributed by atoms with Crippen molar-refractivity contribution in [3.63, 3.8) is 0 Å². The van der Waals surface area contributed by atoms with Crippen LogP contribution in [0.2, 0.25) is 0 Å². The molecule has 0 amide bonds. The van der Waals surface area contributed by atoms with Gasteiger partial charge in [-0.3, -0.25) is 0 Å². The number of hydrogen-bond donors (Lipinski definition) is 0. The molecule has 0 bridgehead atoms. The lowest BCUT2D eigenvalue weighted by atomic mass is 10.2. The molecule has 0 unspecified atom stereocenters. The van der Waals surface area contributed by atoms with Crippen LogP contribution in [0.3, 0.4) is 0 Å². The number of halogens is 3. The third kappa shape index (κ3) is 4.80. The highest BCUT2D eigenvalue weighted by molar-refractivity contribution is 5.75. The highest BCUT2D eigenvalue weighted by Crippen LogP contribution is 2.16. The maximum absolute atomic E-state index is 11.7. The van der Waals surface area contributed by atoms with Gasteiger partial charge in [-0.05, 0) is 12.8 Å². The Kier molecular flexibility index (Phi) is 5.01. The Balaban J connectivity index is 2.05. The third-order valence-corrected chi connectivity index (χ3v) is 2.07. The fourth-order valence-electron chi connectivity index (χ4n) is 1.27. The second kappa shape index (κ2) is 6.05. The molecule has 1 aliphatic heterocycles. The van der Waals surface area contributed by atoms with Gasteiger partial charge in [0.1, 0.15) is 6.61 Å². The van der Waals surface area contributed by atoms with E-state index in [0.29, 0.717) is 26.1 Å². The molecule has 0 aromatic rings. The molecule has 0 aliphatic carbocycles. The quantitative estimate of drug-likeness (QED) is 0.550. The molecule has 4 nitrogen and oxygen atoms in total. The molecule has 16 heavy (non-hydrogen) atoms. The molecular formula is C9H13F3O4. The predicted octanol–water partition coefficient (Wildman–Crippen LogP) is 1.29. The first-order valence-corrected chi connectivity index (χ1v) is 4.93. The van der Waals surface area contributed by atoms with Gasteiger partial charge in [0.15, 0.2) is 0 Å². The van der Waals surface area contributed by atoms with E-state index < -0.39 is 12.1 Å². The molecule has 94 valence electrons. The van der Waals surface area contributed by atoms with Gasteiger partial charge in [0.05, 0.1) is 12.7 Å². The van der Waals surface area contributed by atoms with Gasteiger partial charge in [0.2, 0.25) is 0 Å². The Morgan fingerprint density at radius 2 is 1.88 bits per heavy atom. The molecule has 0 N–H and O–H groups in total. The zero-order valence-electron chi connectivity index (χ0n) is 8.59. The molecule has 1 heterocycles. The van der Waals surface area contributed by atoms with E-state index in [0.717, 1.165) is 0 Å². The first-order valence-electron chi connectivity index (χ1n) is 4.93. The van der Waals surface area contributed by atoms with Crippen LogP contribution in [0.25, 0.3) is 0 Å². The maximum Gasteiger partial charge on any atom is 0.490 e. The van der Waals surface area contributed by atoms with Crippen molar-refractivity contribution in [2.75, 3.05) is 26.4 Å². The van der Waals surface area contributed by atoms with E-state index in [4.69, 9.17) is 9.47 Å². The molecule has 7 heteroatoms. The van der Waals surface area contributed by atoms with Crippen LogP contribution in [-0.4, -0.2) is 44.7 Å². The third-order valence-electron chi connectivity index (χ3n) is 2.07. The van der Waals surface area contributed by atoms with Crippen LogP contribution in [-0.2, 0) is 19.0 Å². The van der Waals surface area contributed by atoms with Crippen LogP contribution in [0.15, 0.2) is 0 Å². The van der Waals surface area contributed by atoms with Gasteiger partial charge >= 0.3 is 12.1 Å². The summed E-state index contributed by atoms with van der Waals surface area (Å²) in [5.41, 5.74) is 0. The normalized spacial score (nSPS) is 18.4. The molecule has 1 rings (SSSR count). The van der Waals surface area contributed by atoms with E-state index in [-0.39, 0.29) is 19.3 Å². The number of rotatable bonds is 4. The standard InChI is InChI=1S/C9H13F3O4/c10-9(11,12)8(13)16-6-5-15-7-1-3-14-4-2-7/h7H,1-6H2. The van der Waals surface area contributed by atoms with Crippen LogP contribution >= 0.6 is 0 Å². The molecular weight excluding hydrogens is 229 g/mol. The second-order valence-corrected chi connectivity index (χ2v) is 3.32. The summed E-state index contributed by atoms with van der Waals surface area (Å²) in [4.78, 5) is 10.3. The summed E-state index contributed by atoms with van der Waals surface area (Å²) in [7, 11) is 0. The molecule has 1 fully saturated rings. The minimum absolute atomic E-state index is 0.0154. The predicted molar refractivity (Wildman–Crippen MR) is 46.8 cm³/mol. The lowest BCUT2D eigenvalue weighted by Gasteiger charge is -2.22. The van der Waals surface area contributed by atoms with E-state index in [1.807, 2.05) is 0 Å². The molecule has 1 saturated heterocycles. The van der Waals surface area contributed by atoms with Crippen LogP contribution < -0.4 is 0 Å². The van der Waals surface area contributed by atoms with Crippen molar-refractivity contribution in [1.29, 1.82) is 0 Å². The molecule has 0 aromatic heterocycles. The maximum atomic E-state index is 11.7. The zero-order valence-corrected chi connectivity index (χ0v) is 8.59. The fraction of sp³-hybridized carbons (Fsp3) is 0.889. The van der Waals surface area contributed by atoms with Gasteiger partial charge in [-0.25, -0.2) is 4.79 Å². The van der Waals surface area contributed by atoms with Gasteiger partial charge < -0.3 is 14.2 Å². The summed E-state index contributed by atoms with van der Waals surface area (Å²) in [5, 5.41) is 0. The monoisotopic (exact) mass is 242 g/mol. The molecule has 0 spiro atoms. The van der Waals surface area contributed by atoms with Crippen molar-refractivity contribution in [1.82, 2.24) is 0 Å². The van der Waals surface area contributed by atoms with Crippen LogP contribution in [0, 0.1) is 0 Å². The highest BCUT2D eigenvalue weighted by atomic mass is 19.4. The Morgan fingerprint density at radius 1 is 1.25 bits per heavy atom. The van der Waals surface area contributed by atoms with Gasteiger partial charge in [-0.2, -0.15) is 13.2 Å². The van der Waals surface area contributed by atoms with Crippen molar-refractivity contribution in [2.24, 2.45) is 0 Å². The van der Waals surface area contributed by atoms with Gasteiger partial charge in [0.25, 0.3) is 0 Å². The number of hydrogen-bond acceptors (Lipinski definition) is 4. The van der Waals surface area contributed by atoms with E-state index in [9.17, 15) is 18.0 Å². The second-order valence-electron chi connectivity index (χ2n) is 3.32. The Morgan fingerprint density at radius 3 is 2.44 bits per heavy atom. The molecule has 0 saturated carbocycles. The average molecular weight is 242 g/mol. The summed E-state index contributed by atoms with van der Waals surface area (Å²) >= 11 is 0. The summed E-state index contributed by atoms with van der Waals surface area (Å²) in [6.45, 7) is 0.780. The highest BCUT2D eigenvalue weighted by Gasteiger charge is 2.40. The van der Waals surface area contributed by atoms with Crippen molar-refractivity contribution < 1.29 is 32.2 Å². The van der Waals surface area contributed by atoms with Crippen LogP contribution in [0.5, 0.6) is 0 Å². The summed E-state index contributed by atoms with van der Waals surface area (Å²) in [6.07, 6.45) is -3.52. The minimum Gasteiger partial charge on any atom is -0.457 e. The number of alkyl halides is 3.